The normalized spacial score (nSPS) is 35.9. The number of carboxylic acids is 1. The SMILES string of the molecule is CC(=O)NC1C(O[C@@H](CC2CCCCC2)C(=O)O)[C@@H](O)C(CO)O[C@H]1O[C@@H]1CC(CO[C@H]2O[C@H](CO)[C@@H](O)C(n3cc(-c4cccc(C)c4)nn3)C2O)C[C@@H](n2cc(-c3cccc(F)c3)nn2)C1O[C@@H]1OC(C)[C@@H](O)[C@H](O)C1O. The number of hydrogen-bond donors (Lipinski definition) is 10. The van der Waals surface area contributed by atoms with E-state index in [2.05, 4.69) is 25.9 Å². The van der Waals surface area contributed by atoms with Crippen molar-refractivity contribution in [3.8, 4) is 22.5 Å². The number of aliphatic hydroxyl groups is 8. The van der Waals surface area contributed by atoms with Crippen molar-refractivity contribution >= 4 is 11.9 Å². The second-order valence-electron chi connectivity index (χ2n) is 21.5. The standard InChI is InChI=1S/C53H72FN7O18/c1-25-9-7-12-30(15-25)34-21-61(59-57-34)41-43(66)38(22-62)78-52(45(41)68)73-24-29-16-35(60-20-33(56-58-60)31-13-8-14-32(54)19-31)48(79-53-47(70)46(69)42(65)26(2)74-53)36(18-29)76-51-40(55-27(3)64)49(44(67)39(23-63)77-51)75-37(50(71)72)17-28-10-5-4-6-11-28/h7-9,12-15,19-21,26,28-29,35-49,51-53,62-63,65-70H,4-6,10-11,16-18,22-24H2,1-3H3,(H,55,64)(H,71,72)/t26?,29?,35-,36-,37+,38-,39?,40?,41?,42-,43-,44+,45?,46+,47?,48?,49?,51-,52+,53+/m1/s1. The lowest BCUT2D eigenvalue weighted by Crippen LogP contribution is -2.67. The Kier molecular flexibility index (Phi) is 19.2. The summed E-state index contributed by atoms with van der Waals surface area (Å²) in [4.78, 5) is 26.0. The summed E-state index contributed by atoms with van der Waals surface area (Å²) in [5.74, 6) is -3.17. The van der Waals surface area contributed by atoms with E-state index >= 15 is 0 Å². The van der Waals surface area contributed by atoms with Crippen LogP contribution < -0.4 is 5.32 Å². The van der Waals surface area contributed by atoms with Gasteiger partial charge in [0.1, 0.15) is 90.3 Å². The van der Waals surface area contributed by atoms with Crippen LogP contribution in [0.25, 0.3) is 22.5 Å². The average Bonchev–Trinajstić information content (AvgIpc) is 4.27. The summed E-state index contributed by atoms with van der Waals surface area (Å²) in [6.07, 6.45) is -16.5. The van der Waals surface area contributed by atoms with Crippen LogP contribution in [0.4, 0.5) is 4.39 Å². The first-order valence-corrected chi connectivity index (χ1v) is 26.9. The van der Waals surface area contributed by atoms with Crippen molar-refractivity contribution < 1.29 is 93.1 Å². The number of benzene rings is 2. The molecule has 2 aromatic carbocycles. The molecule has 4 aromatic rings. The number of aliphatic carboxylic acids is 1. The summed E-state index contributed by atoms with van der Waals surface area (Å²) >= 11 is 0. The summed E-state index contributed by atoms with van der Waals surface area (Å²) < 4.78 is 61.7. The number of rotatable bonds is 19. The molecule has 5 heterocycles. The van der Waals surface area contributed by atoms with E-state index in [9.17, 15) is 59.9 Å². The van der Waals surface area contributed by atoms with E-state index in [1.807, 2.05) is 31.2 Å². The van der Waals surface area contributed by atoms with Gasteiger partial charge in [-0.1, -0.05) is 78.4 Å². The smallest absolute Gasteiger partial charge is 0.332 e. The molecule has 25 nitrogen and oxygen atoms in total. The van der Waals surface area contributed by atoms with Gasteiger partial charge in [-0.05, 0) is 63.1 Å². The van der Waals surface area contributed by atoms with E-state index in [1.54, 1.807) is 12.3 Å². The molecule has 20 atom stereocenters. The van der Waals surface area contributed by atoms with Crippen LogP contribution in [0, 0.1) is 24.6 Å². The number of hydrogen-bond acceptors (Lipinski definition) is 21. The van der Waals surface area contributed by atoms with E-state index in [0.717, 1.165) is 43.2 Å². The molecule has 2 aromatic heterocycles. The third-order valence-electron chi connectivity index (χ3n) is 15.8. The fraction of sp³-hybridized carbons (Fsp3) is 0.660. The van der Waals surface area contributed by atoms with E-state index in [-0.39, 0.29) is 37.5 Å². The molecule has 26 heteroatoms. The molecule has 3 aliphatic heterocycles. The molecule has 79 heavy (non-hydrogen) atoms. The van der Waals surface area contributed by atoms with Crippen molar-refractivity contribution in [2.24, 2.45) is 11.8 Å². The largest absolute Gasteiger partial charge is 0.479 e. The highest BCUT2D eigenvalue weighted by Crippen LogP contribution is 2.42. The van der Waals surface area contributed by atoms with Gasteiger partial charge < -0.3 is 84.4 Å². The van der Waals surface area contributed by atoms with Gasteiger partial charge in [0.2, 0.25) is 5.91 Å². The second-order valence-corrected chi connectivity index (χ2v) is 21.5. The van der Waals surface area contributed by atoms with Crippen molar-refractivity contribution in [2.45, 2.75) is 188 Å². The lowest BCUT2D eigenvalue weighted by atomic mass is 9.81. The summed E-state index contributed by atoms with van der Waals surface area (Å²) in [7, 11) is 0. The summed E-state index contributed by atoms with van der Waals surface area (Å²) in [6, 6.07) is 9.42. The van der Waals surface area contributed by atoms with E-state index in [1.165, 1.54) is 47.6 Å². The number of aromatic nitrogens is 6. The molecule has 9 rings (SSSR count). The van der Waals surface area contributed by atoms with E-state index in [4.69, 9.17) is 33.2 Å². The molecule has 0 spiro atoms. The summed E-state index contributed by atoms with van der Waals surface area (Å²) in [6.45, 7) is 2.83. The van der Waals surface area contributed by atoms with Gasteiger partial charge in [-0.15, -0.1) is 10.2 Å². The van der Waals surface area contributed by atoms with Crippen molar-refractivity contribution in [2.75, 3.05) is 19.8 Å². The van der Waals surface area contributed by atoms with Gasteiger partial charge in [0, 0.05) is 18.1 Å². The zero-order valence-corrected chi connectivity index (χ0v) is 43.9. The Morgan fingerprint density at radius 1 is 0.747 bits per heavy atom. The van der Waals surface area contributed by atoms with Crippen LogP contribution in [0.1, 0.15) is 82.9 Å². The minimum Gasteiger partial charge on any atom is -0.479 e. The Bertz CT molecular complexity index is 2650. The number of nitrogens with one attached hydrogen (secondary N) is 1. The monoisotopic (exact) mass is 1110 g/mol. The number of nitrogens with zero attached hydrogens (tertiary/aromatic N) is 6. The second kappa shape index (κ2) is 25.8. The molecule has 5 aliphatic rings. The first-order chi connectivity index (χ1) is 37.9. The maximum Gasteiger partial charge on any atom is 0.332 e. The third kappa shape index (κ3) is 13.4. The highest BCUT2D eigenvalue weighted by atomic mass is 19.1. The van der Waals surface area contributed by atoms with Crippen molar-refractivity contribution in [3.05, 3.63) is 72.3 Å². The van der Waals surface area contributed by atoms with E-state index in [0.29, 0.717) is 11.3 Å². The highest BCUT2D eigenvalue weighted by Gasteiger charge is 2.54. The van der Waals surface area contributed by atoms with Crippen molar-refractivity contribution in [1.82, 2.24) is 35.3 Å². The average molecular weight is 1110 g/mol. The van der Waals surface area contributed by atoms with Crippen LogP contribution >= 0.6 is 0 Å². The molecular formula is C53H72FN7O18. The van der Waals surface area contributed by atoms with Gasteiger partial charge in [0.05, 0.1) is 50.5 Å². The fourth-order valence-electron chi connectivity index (χ4n) is 11.6. The summed E-state index contributed by atoms with van der Waals surface area (Å²) in [5, 5.41) is 120. The molecule has 434 valence electrons. The van der Waals surface area contributed by atoms with Crippen LogP contribution in [0.5, 0.6) is 0 Å². The Morgan fingerprint density at radius 2 is 1.41 bits per heavy atom. The topological polar surface area (TPSA) is 354 Å². The molecule has 10 N–H and O–H groups in total. The van der Waals surface area contributed by atoms with Gasteiger partial charge >= 0.3 is 5.97 Å². The maximum atomic E-state index is 14.6. The first-order valence-electron chi connectivity index (χ1n) is 26.9. The van der Waals surface area contributed by atoms with Gasteiger partial charge in [0.25, 0.3) is 0 Å². The summed E-state index contributed by atoms with van der Waals surface area (Å²) in [5.41, 5.74) is 2.73. The van der Waals surface area contributed by atoms with Gasteiger partial charge in [-0.3, -0.25) is 4.79 Å². The van der Waals surface area contributed by atoms with Gasteiger partial charge in [-0.25, -0.2) is 18.5 Å². The minimum atomic E-state index is -1.83. The predicted molar refractivity (Wildman–Crippen MR) is 269 cm³/mol. The van der Waals surface area contributed by atoms with Gasteiger partial charge in [0.15, 0.2) is 25.0 Å². The van der Waals surface area contributed by atoms with Crippen LogP contribution in [0.2, 0.25) is 0 Å². The van der Waals surface area contributed by atoms with E-state index < -0.39 is 153 Å². The zero-order valence-electron chi connectivity index (χ0n) is 43.9. The molecule has 9 unspecified atom stereocenters. The molecule has 5 fully saturated rings. The third-order valence-corrected chi connectivity index (χ3v) is 15.8. The van der Waals surface area contributed by atoms with Gasteiger partial charge in [-0.2, -0.15) is 0 Å². The quantitative estimate of drug-likeness (QED) is 0.0603. The first kappa shape index (κ1) is 58.6. The number of ether oxygens (including phenoxy) is 7. The lowest BCUT2D eigenvalue weighted by molar-refractivity contribution is -0.339. The molecule has 1 amide bonds. The Hall–Kier alpha value is -5.01. The number of aryl methyl sites for hydroxylation is 1. The lowest BCUT2D eigenvalue weighted by Gasteiger charge is -2.49. The van der Waals surface area contributed by atoms with Crippen molar-refractivity contribution in [1.29, 1.82) is 0 Å². The van der Waals surface area contributed by atoms with Crippen LogP contribution in [0.3, 0.4) is 0 Å². The minimum absolute atomic E-state index is 0.00550. The fourth-order valence-corrected chi connectivity index (χ4v) is 11.6. The predicted octanol–water partition coefficient (Wildman–Crippen LogP) is 0.289. The number of carboxylic acid groups (broad SMARTS) is 1. The highest BCUT2D eigenvalue weighted by molar-refractivity contribution is 5.73. The number of carbonyl (C=O) groups is 2. The molecule has 2 saturated carbocycles. The van der Waals surface area contributed by atoms with Crippen LogP contribution in [-0.4, -0.2) is 212 Å². The number of carbonyl (C=O) groups excluding carboxylic acids is 1. The molecule has 0 bridgehead atoms. The maximum absolute atomic E-state index is 14.6. The Morgan fingerprint density at radius 3 is 2.08 bits per heavy atom. The Labute approximate surface area is 454 Å². The zero-order chi connectivity index (χ0) is 56.2. The number of halogens is 1. The molecule has 3 saturated heterocycles. The molecule has 0 radical (unpaired) electrons. The van der Waals surface area contributed by atoms with Crippen LogP contribution in [0.15, 0.2) is 60.9 Å². The Balaban J connectivity index is 1.07. The van der Waals surface area contributed by atoms with Crippen molar-refractivity contribution in [3.63, 3.8) is 0 Å². The number of amides is 1. The molecule has 2 aliphatic carbocycles. The van der Waals surface area contributed by atoms with Crippen LogP contribution in [-0.2, 0) is 42.7 Å². The molecular weight excluding hydrogens is 1040 g/mol. The number of aliphatic hydroxyl groups excluding tert-OH is 8.